The molecule has 1 aromatic heterocycles. The molecule has 1 heterocycles. The predicted molar refractivity (Wildman–Crippen MR) is 69.1 cm³/mol. The van der Waals surface area contributed by atoms with Gasteiger partial charge in [-0.1, -0.05) is 39.9 Å². The third-order valence-electron chi connectivity index (χ3n) is 1.97. The fourth-order valence-electron chi connectivity index (χ4n) is 1.22. The van der Waals surface area contributed by atoms with Crippen molar-refractivity contribution >= 4 is 46.7 Å². The molecule has 8 heteroatoms. The van der Waals surface area contributed by atoms with Crippen LogP contribution in [-0.2, 0) is 4.79 Å². The Kier molecular flexibility index (Phi) is 3.75. The van der Waals surface area contributed by atoms with Crippen LogP contribution in [0.1, 0.15) is 6.92 Å². The van der Waals surface area contributed by atoms with Gasteiger partial charge in [-0.05, 0) is 12.1 Å². The van der Waals surface area contributed by atoms with Crippen LogP contribution in [-0.4, -0.2) is 16.1 Å². The van der Waals surface area contributed by atoms with E-state index in [4.69, 9.17) is 39.2 Å². The second-order valence-electron chi connectivity index (χ2n) is 3.32. The molecular weight excluding hydrogens is 300 g/mol. The largest absolute Gasteiger partial charge is 0.403 e. The molecule has 1 N–H and O–H groups in total. The number of carbonyl (C=O) groups excluding carboxylic acids is 1. The number of aromatic nitrogens is 2. The normalized spacial score (nSPS) is 10.4. The second-order valence-corrected chi connectivity index (χ2v) is 4.48. The molecule has 1 aromatic carbocycles. The Labute approximate surface area is 117 Å². The van der Waals surface area contributed by atoms with Crippen molar-refractivity contribution in [3.63, 3.8) is 0 Å². The molecule has 0 fully saturated rings. The lowest BCUT2D eigenvalue weighted by atomic mass is 10.2. The van der Waals surface area contributed by atoms with Gasteiger partial charge in [-0.25, -0.2) is 0 Å². The van der Waals surface area contributed by atoms with E-state index >= 15 is 0 Å². The quantitative estimate of drug-likeness (QED) is 0.860. The molecule has 0 aliphatic rings. The number of nitrogens with one attached hydrogen (secondary N) is 1. The summed E-state index contributed by atoms with van der Waals surface area (Å²) in [5, 5.41) is 10.5. The average molecular weight is 307 g/mol. The van der Waals surface area contributed by atoms with E-state index in [1.807, 2.05) is 0 Å². The van der Waals surface area contributed by atoms with Crippen LogP contribution >= 0.6 is 34.8 Å². The molecular formula is C10H6Cl3N3O2. The van der Waals surface area contributed by atoms with Crippen molar-refractivity contribution in [2.24, 2.45) is 0 Å². The first-order valence-electron chi connectivity index (χ1n) is 4.74. The minimum Gasteiger partial charge on any atom is -0.403 e. The number of carbonyl (C=O) groups is 1. The number of hydrogen-bond acceptors (Lipinski definition) is 4. The minimum absolute atomic E-state index is 0.0142. The van der Waals surface area contributed by atoms with Crippen molar-refractivity contribution < 1.29 is 9.21 Å². The zero-order valence-corrected chi connectivity index (χ0v) is 11.3. The van der Waals surface area contributed by atoms with E-state index in [1.54, 1.807) is 12.1 Å². The molecule has 2 aromatic rings. The van der Waals surface area contributed by atoms with Crippen LogP contribution in [0.5, 0.6) is 0 Å². The molecule has 0 unspecified atom stereocenters. The van der Waals surface area contributed by atoms with E-state index < -0.39 is 0 Å². The van der Waals surface area contributed by atoms with Crippen molar-refractivity contribution in [1.29, 1.82) is 0 Å². The summed E-state index contributed by atoms with van der Waals surface area (Å²) in [4.78, 5) is 10.8. The lowest BCUT2D eigenvalue weighted by Crippen LogP contribution is -2.05. The third-order valence-corrected chi connectivity index (χ3v) is 3.27. The van der Waals surface area contributed by atoms with E-state index in [0.29, 0.717) is 10.6 Å². The van der Waals surface area contributed by atoms with Crippen molar-refractivity contribution in [3.05, 3.63) is 27.2 Å². The Bertz CT molecular complexity index is 612. The highest BCUT2D eigenvalue weighted by Crippen LogP contribution is 2.37. The highest BCUT2D eigenvalue weighted by Gasteiger charge is 2.16. The smallest absolute Gasteiger partial charge is 0.322 e. The van der Waals surface area contributed by atoms with Gasteiger partial charge in [-0.3, -0.25) is 10.1 Å². The van der Waals surface area contributed by atoms with Gasteiger partial charge in [0.05, 0.1) is 20.6 Å². The number of rotatable bonds is 2. The molecule has 0 aliphatic heterocycles. The molecule has 5 nitrogen and oxygen atoms in total. The van der Waals surface area contributed by atoms with Gasteiger partial charge < -0.3 is 4.42 Å². The zero-order chi connectivity index (χ0) is 13.3. The van der Waals surface area contributed by atoms with Crippen LogP contribution in [0, 0.1) is 0 Å². The van der Waals surface area contributed by atoms with Crippen molar-refractivity contribution in [1.82, 2.24) is 10.2 Å². The van der Waals surface area contributed by atoms with Crippen molar-refractivity contribution in [2.45, 2.75) is 6.92 Å². The summed E-state index contributed by atoms with van der Waals surface area (Å²) in [6.07, 6.45) is 0. The molecule has 0 bridgehead atoms. The van der Waals surface area contributed by atoms with Gasteiger partial charge in [0.15, 0.2) is 0 Å². The molecule has 18 heavy (non-hydrogen) atoms. The maximum absolute atomic E-state index is 10.8. The lowest BCUT2D eigenvalue weighted by molar-refractivity contribution is -0.114. The topological polar surface area (TPSA) is 68.0 Å². The summed E-state index contributed by atoms with van der Waals surface area (Å²) < 4.78 is 5.22. The van der Waals surface area contributed by atoms with Gasteiger partial charge >= 0.3 is 6.01 Å². The fourth-order valence-corrected chi connectivity index (χ4v) is 1.84. The molecule has 1 amide bonds. The van der Waals surface area contributed by atoms with Crippen LogP contribution in [0.4, 0.5) is 6.01 Å². The molecule has 0 spiro atoms. The highest BCUT2D eigenvalue weighted by molar-refractivity contribution is 6.49. The summed E-state index contributed by atoms with van der Waals surface area (Å²) in [6, 6.07) is 3.15. The van der Waals surface area contributed by atoms with Gasteiger partial charge in [0.1, 0.15) is 0 Å². The summed E-state index contributed by atoms with van der Waals surface area (Å²) in [5.74, 6) is -0.173. The predicted octanol–water partition coefficient (Wildman–Crippen LogP) is 3.66. The van der Waals surface area contributed by atoms with Crippen LogP contribution in [0.3, 0.4) is 0 Å². The first kappa shape index (κ1) is 13.1. The van der Waals surface area contributed by atoms with E-state index in [9.17, 15) is 4.79 Å². The van der Waals surface area contributed by atoms with Gasteiger partial charge in [0, 0.05) is 6.92 Å². The molecule has 0 atom stereocenters. The maximum Gasteiger partial charge on any atom is 0.322 e. The van der Waals surface area contributed by atoms with Crippen LogP contribution in [0.25, 0.3) is 11.5 Å². The SMILES string of the molecule is CC(=O)Nc1nnc(-c2ccc(Cl)c(Cl)c2Cl)o1. The van der Waals surface area contributed by atoms with E-state index in [2.05, 4.69) is 15.5 Å². The minimum atomic E-state index is -0.314. The third kappa shape index (κ3) is 2.58. The first-order chi connectivity index (χ1) is 8.49. The first-order valence-corrected chi connectivity index (χ1v) is 5.87. The average Bonchev–Trinajstić information content (AvgIpc) is 2.73. The fraction of sp³-hybridized carbons (Fsp3) is 0.100. The van der Waals surface area contributed by atoms with Crippen LogP contribution in [0.15, 0.2) is 16.5 Å². The highest BCUT2D eigenvalue weighted by atomic mass is 35.5. The number of hydrogen-bond donors (Lipinski definition) is 1. The van der Waals surface area contributed by atoms with Gasteiger partial charge in [0.2, 0.25) is 5.91 Å². The number of nitrogens with zero attached hydrogens (tertiary/aromatic N) is 2. The number of halogens is 3. The van der Waals surface area contributed by atoms with Crippen LogP contribution in [0.2, 0.25) is 15.1 Å². The molecule has 94 valence electrons. The Morgan fingerprint density at radius 1 is 1.22 bits per heavy atom. The van der Waals surface area contributed by atoms with E-state index in [0.717, 1.165) is 0 Å². The summed E-state index contributed by atoms with van der Waals surface area (Å²) in [7, 11) is 0. The maximum atomic E-state index is 10.8. The molecule has 0 saturated carbocycles. The monoisotopic (exact) mass is 305 g/mol. The summed E-state index contributed by atoms with van der Waals surface area (Å²) in [5.41, 5.74) is 0.440. The molecule has 0 saturated heterocycles. The van der Waals surface area contributed by atoms with Gasteiger partial charge in [-0.2, -0.15) is 0 Å². The van der Waals surface area contributed by atoms with E-state index in [-0.39, 0.29) is 27.9 Å². The lowest BCUT2D eigenvalue weighted by Gasteiger charge is -2.02. The molecule has 0 aliphatic carbocycles. The van der Waals surface area contributed by atoms with Crippen LogP contribution < -0.4 is 5.32 Å². The standard InChI is InChI=1S/C10H6Cl3N3O2/c1-4(17)14-10-16-15-9(18-10)5-2-3-6(11)8(13)7(5)12/h2-3H,1H3,(H,14,16,17). The number of anilines is 1. The Morgan fingerprint density at radius 2 is 1.94 bits per heavy atom. The van der Waals surface area contributed by atoms with Gasteiger partial charge in [-0.15, -0.1) is 5.10 Å². The Morgan fingerprint density at radius 3 is 2.61 bits per heavy atom. The zero-order valence-electron chi connectivity index (χ0n) is 9.00. The second kappa shape index (κ2) is 5.14. The summed E-state index contributed by atoms with van der Waals surface area (Å²) >= 11 is 17.7. The summed E-state index contributed by atoms with van der Waals surface area (Å²) in [6.45, 7) is 1.33. The Hall–Kier alpha value is -1.30. The van der Waals surface area contributed by atoms with Crippen molar-refractivity contribution in [2.75, 3.05) is 5.32 Å². The van der Waals surface area contributed by atoms with Crippen molar-refractivity contribution in [3.8, 4) is 11.5 Å². The molecule has 2 rings (SSSR count). The van der Waals surface area contributed by atoms with E-state index in [1.165, 1.54) is 6.92 Å². The van der Waals surface area contributed by atoms with Gasteiger partial charge in [0.25, 0.3) is 5.89 Å². The number of benzene rings is 1. The Balaban J connectivity index is 2.40. The molecule has 0 radical (unpaired) electrons. The number of amides is 1.